The summed E-state index contributed by atoms with van der Waals surface area (Å²) in [5.41, 5.74) is 6.01. The van der Waals surface area contributed by atoms with Gasteiger partial charge in [-0.1, -0.05) is 84.4 Å². The number of thioether (sulfide) groups is 1. The molecule has 5 rings (SSSR count). The number of carbonyl (C=O) groups is 1. The van der Waals surface area contributed by atoms with Crippen molar-refractivity contribution in [3.63, 3.8) is 0 Å². The highest BCUT2D eigenvalue weighted by molar-refractivity contribution is 9.10. The van der Waals surface area contributed by atoms with Gasteiger partial charge in [0.1, 0.15) is 12.4 Å². The van der Waals surface area contributed by atoms with Crippen molar-refractivity contribution in [1.29, 1.82) is 0 Å². The van der Waals surface area contributed by atoms with E-state index in [-0.39, 0.29) is 5.91 Å². The third-order valence-electron chi connectivity index (χ3n) is 6.49. The first-order valence-electron chi connectivity index (χ1n) is 13.0. The quantitative estimate of drug-likeness (QED) is 0.191. The van der Waals surface area contributed by atoms with Crippen LogP contribution in [-0.2, 0) is 24.2 Å². The molecule has 0 aromatic heterocycles. The van der Waals surface area contributed by atoms with E-state index in [0.29, 0.717) is 16.7 Å². The molecule has 0 atom stereocenters. The van der Waals surface area contributed by atoms with E-state index in [0.717, 1.165) is 45.6 Å². The number of para-hydroxylation sites is 1. The number of carbonyl (C=O) groups excluding carboxylic acids is 1. The molecule has 0 N–H and O–H groups in total. The lowest BCUT2D eigenvalue weighted by Crippen LogP contribution is -2.28. The number of rotatable bonds is 8. The molecular formula is C33H29BrN2O2S. The Morgan fingerprint density at radius 2 is 1.44 bits per heavy atom. The standard InChI is InChI=1S/C33H29BrN2O2S/c1-3-23-11-17-28(18-12-23)35-33-36(29-19-13-24(4-2)14-20-29)32(37)31(39-33)21-26-7-5-6-8-30(26)38-22-25-9-15-27(34)16-10-25/h5-21H,3-4,22H2,1-2H3/b31-21-,35-33?. The minimum atomic E-state index is -0.101. The number of anilines is 1. The Bertz CT molecular complexity index is 1510. The van der Waals surface area contributed by atoms with Crippen molar-refractivity contribution in [2.75, 3.05) is 4.90 Å². The number of amides is 1. The normalized spacial score (nSPS) is 15.4. The van der Waals surface area contributed by atoms with Gasteiger partial charge in [-0.05, 0) is 89.8 Å². The van der Waals surface area contributed by atoms with Crippen molar-refractivity contribution in [3.05, 3.63) is 129 Å². The van der Waals surface area contributed by atoms with Crippen LogP contribution in [-0.4, -0.2) is 11.1 Å². The average molecular weight is 598 g/mol. The van der Waals surface area contributed by atoms with Gasteiger partial charge in [-0.15, -0.1) is 0 Å². The molecule has 1 aliphatic heterocycles. The zero-order chi connectivity index (χ0) is 27.2. The Morgan fingerprint density at radius 1 is 0.821 bits per heavy atom. The lowest BCUT2D eigenvalue weighted by atomic mass is 10.1. The number of ether oxygens (including phenoxy) is 1. The third-order valence-corrected chi connectivity index (χ3v) is 7.99. The van der Waals surface area contributed by atoms with Crippen LogP contribution in [0.15, 0.2) is 111 Å². The molecule has 1 fully saturated rings. The average Bonchev–Trinajstić information content (AvgIpc) is 3.27. The second-order valence-corrected chi connectivity index (χ2v) is 11.1. The van der Waals surface area contributed by atoms with Crippen molar-refractivity contribution in [1.82, 2.24) is 0 Å². The fourth-order valence-corrected chi connectivity index (χ4v) is 5.44. The highest BCUT2D eigenvalue weighted by Gasteiger charge is 2.35. The number of benzene rings is 4. The minimum absolute atomic E-state index is 0.101. The van der Waals surface area contributed by atoms with Crippen molar-refractivity contribution in [3.8, 4) is 5.75 Å². The summed E-state index contributed by atoms with van der Waals surface area (Å²) < 4.78 is 7.19. The van der Waals surface area contributed by atoms with E-state index in [1.807, 2.05) is 78.9 Å². The van der Waals surface area contributed by atoms with Crippen molar-refractivity contribution in [2.45, 2.75) is 33.3 Å². The van der Waals surface area contributed by atoms with E-state index >= 15 is 0 Å². The van der Waals surface area contributed by atoms with Gasteiger partial charge in [-0.3, -0.25) is 9.69 Å². The Hall–Kier alpha value is -3.61. The Labute approximate surface area is 242 Å². The molecule has 39 heavy (non-hydrogen) atoms. The van der Waals surface area contributed by atoms with Crippen molar-refractivity contribution < 1.29 is 9.53 Å². The van der Waals surface area contributed by atoms with Crippen molar-refractivity contribution in [2.24, 2.45) is 4.99 Å². The molecule has 0 saturated carbocycles. The molecule has 1 aliphatic rings. The van der Waals surface area contributed by atoms with Gasteiger partial charge < -0.3 is 4.74 Å². The summed E-state index contributed by atoms with van der Waals surface area (Å²) in [7, 11) is 0. The second-order valence-electron chi connectivity index (χ2n) is 9.14. The number of aliphatic imine (C=N–C) groups is 1. The molecule has 1 amide bonds. The Kier molecular flexibility index (Phi) is 8.64. The summed E-state index contributed by atoms with van der Waals surface area (Å²) >= 11 is 4.85. The van der Waals surface area contributed by atoms with Gasteiger partial charge >= 0.3 is 0 Å². The third kappa shape index (κ3) is 6.52. The maximum atomic E-state index is 13.8. The van der Waals surface area contributed by atoms with E-state index in [9.17, 15) is 4.79 Å². The van der Waals surface area contributed by atoms with Gasteiger partial charge in [0.05, 0.1) is 16.3 Å². The van der Waals surface area contributed by atoms with Crippen LogP contribution in [0.25, 0.3) is 6.08 Å². The predicted octanol–water partition coefficient (Wildman–Crippen LogP) is 8.96. The van der Waals surface area contributed by atoms with E-state index in [1.165, 1.54) is 22.9 Å². The lowest BCUT2D eigenvalue weighted by molar-refractivity contribution is -0.113. The molecule has 0 unspecified atom stereocenters. The molecule has 1 heterocycles. The van der Waals surface area contributed by atoms with Crippen LogP contribution in [0.3, 0.4) is 0 Å². The van der Waals surface area contributed by atoms with Gasteiger partial charge in [0, 0.05) is 10.0 Å². The molecular weight excluding hydrogens is 568 g/mol. The fraction of sp³-hybridized carbons (Fsp3) is 0.152. The molecule has 0 bridgehead atoms. The Balaban J connectivity index is 1.47. The monoisotopic (exact) mass is 596 g/mol. The van der Waals surface area contributed by atoms with Gasteiger partial charge in [0.15, 0.2) is 5.17 Å². The highest BCUT2D eigenvalue weighted by atomic mass is 79.9. The molecule has 0 aliphatic carbocycles. The maximum Gasteiger partial charge on any atom is 0.271 e. The van der Waals surface area contributed by atoms with Crippen LogP contribution in [0.4, 0.5) is 11.4 Å². The number of hydrogen-bond acceptors (Lipinski definition) is 4. The van der Waals surface area contributed by atoms with E-state index in [4.69, 9.17) is 9.73 Å². The number of nitrogens with zero attached hydrogens (tertiary/aromatic N) is 2. The highest BCUT2D eigenvalue weighted by Crippen LogP contribution is 2.38. The zero-order valence-electron chi connectivity index (χ0n) is 21.9. The Morgan fingerprint density at radius 3 is 2.10 bits per heavy atom. The first-order chi connectivity index (χ1) is 19.0. The summed E-state index contributed by atoms with van der Waals surface area (Å²) in [6.07, 6.45) is 3.81. The molecule has 6 heteroatoms. The molecule has 4 aromatic carbocycles. The van der Waals surface area contributed by atoms with Gasteiger partial charge in [0.2, 0.25) is 0 Å². The second kappa shape index (κ2) is 12.5. The van der Waals surface area contributed by atoms with Crippen LogP contribution in [0.1, 0.15) is 36.1 Å². The van der Waals surface area contributed by atoms with E-state index in [1.54, 1.807) is 4.90 Å². The van der Waals surface area contributed by atoms with Crippen LogP contribution < -0.4 is 9.64 Å². The lowest BCUT2D eigenvalue weighted by Gasteiger charge is -2.16. The van der Waals surface area contributed by atoms with E-state index in [2.05, 4.69) is 54.0 Å². The molecule has 196 valence electrons. The van der Waals surface area contributed by atoms with Crippen molar-refractivity contribution >= 4 is 56.2 Å². The van der Waals surface area contributed by atoms with Crippen LogP contribution >= 0.6 is 27.7 Å². The number of hydrogen-bond donors (Lipinski definition) is 0. The van der Waals surface area contributed by atoms with Gasteiger partial charge in [-0.25, -0.2) is 4.99 Å². The fourth-order valence-electron chi connectivity index (χ4n) is 4.19. The van der Waals surface area contributed by atoms with Crippen LogP contribution in [0, 0.1) is 0 Å². The number of aryl methyl sites for hydroxylation is 2. The SMILES string of the molecule is CCc1ccc(N=C2S/C(=C\c3ccccc3OCc3ccc(Br)cc3)C(=O)N2c2ccc(CC)cc2)cc1. The summed E-state index contributed by atoms with van der Waals surface area (Å²) in [6.45, 7) is 4.69. The van der Waals surface area contributed by atoms with E-state index < -0.39 is 0 Å². The summed E-state index contributed by atoms with van der Waals surface area (Å²) in [6, 6.07) is 32.1. The number of amidine groups is 1. The zero-order valence-corrected chi connectivity index (χ0v) is 24.3. The maximum absolute atomic E-state index is 13.8. The van der Waals surface area contributed by atoms with Gasteiger partial charge in [0.25, 0.3) is 5.91 Å². The first-order valence-corrected chi connectivity index (χ1v) is 14.6. The smallest absolute Gasteiger partial charge is 0.271 e. The van der Waals surface area contributed by atoms with Gasteiger partial charge in [-0.2, -0.15) is 0 Å². The molecule has 0 radical (unpaired) electrons. The topological polar surface area (TPSA) is 41.9 Å². The molecule has 4 aromatic rings. The number of halogens is 1. The molecule has 1 saturated heterocycles. The predicted molar refractivity (Wildman–Crippen MR) is 167 cm³/mol. The summed E-state index contributed by atoms with van der Waals surface area (Å²) in [5, 5.41) is 0.632. The molecule has 0 spiro atoms. The summed E-state index contributed by atoms with van der Waals surface area (Å²) in [4.78, 5) is 21.0. The summed E-state index contributed by atoms with van der Waals surface area (Å²) in [5.74, 6) is 0.622. The largest absolute Gasteiger partial charge is 0.488 e. The van der Waals surface area contributed by atoms with Crippen LogP contribution in [0.2, 0.25) is 0 Å². The van der Waals surface area contributed by atoms with Crippen LogP contribution in [0.5, 0.6) is 5.75 Å². The first kappa shape index (κ1) is 27.0. The molecule has 4 nitrogen and oxygen atoms in total. The minimum Gasteiger partial charge on any atom is -0.488 e.